The molecule has 0 aliphatic rings. The van der Waals surface area contributed by atoms with Gasteiger partial charge < -0.3 is 9.47 Å². The Hall–Kier alpha value is -0.850. The Bertz CT molecular complexity index is 327. The first-order chi connectivity index (χ1) is 6.19. The van der Waals surface area contributed by atoms with Crippen molar-refractivity contribution in [1.29, 1.82) is 0 Å². The molecule has 0 aliphatic carbocycles. The lowest BCUT2D eigenvalue weighted by atomic mass is 10.3. The second kappa shape index (κ2) is 4.40. The van der Waals surface area contributed by atoms with Crippen LogP contribution in [0.25, 0.3) is 0 Å². The van der Waals surface area contributed by atoms with E-state index in [9.17, 15) is 4.79 Å². The average molecular weight is 293 g/mol. The normalized spacial score (nSPS) is 9.46. The van der Waals surface area contributed by atoms with Crippen molar-refractivity contribution in [2.75, 3.05) is 14.2 Å². The Morgan fingerprint density at radius 3 is 2.69 bits per heavy atom. The molecule has 0 aliphatic heterocycles. The lowest BCUT2D eigenvalue weighted by Crippen LogP contribution is -2.05. The molecule has 0 saturated carbocycles. The topological polar surface area (TPSA) is 48.4 Å². The van der Waals surface area contributed by atoms with Crippen molar-refractivity contribution >= 4 is 28.6 Å². The predicted molar refractivity (Wildman–Crippen MR) is 54.8 cm³/mol. The number of methoxy groups -OCH3 is 2. The molecule has 0 spiro atoms. The van der Waals surface area contributed by atoms with Crippen LogP contribution in [0, 0.1) is 3.70 Å². The first-order valence-corrected chi connectivity index (χ1v) is 4.55. The lowest BCUT2D eigenvalue weighted by Gasteiger charge is -2.04. The number of ether oxygens (including phenoxy) is 2. The minimum Gasteiger partial charge on any atom is -0.480 e. The number of pyridine rings is 1. The van der Waals surface area contributed by atoms with Gasteiger partial charge in [0.2, 0.25) is 5.88 Å². The molecule has 70 valence electrons. The van der Waals surface area contributed by atoms with E-state index in [1.807, 2.05) is 22.6 Å². The van der Waals surface area contributed by atoms with Gasteiger partial charge in [-0.3, -0.25) is 0 Å². The third kappa shape index (κ3) is 2.30. The molecule has 0 N–H and O–H groups in total. The number of carbonyl (C=O) groups is 1. The van der Waals surface area contributed by atoms with Crippen LogP contribution in [0.3, 0.4) is 0 Å². The quantitative estimate of drug-likeness (QED) is 0.471. The molecule has 0 bridgehead atoms. The highest BCUT2D eigenvalue weighted by Gasteiger charge is 2.13. The maximum absolute atomic E-state index is 11.2. The summed E-state index contributed by atoms with van der Waals surface area (Å²) in [5, 5.41) is 0. The Kier molecular flexibility index (Phi) is 3.47. The first kappa shape index (κ1) is 10.2. The summed E-state index contributed by atoms with van der Waals surface area (Å²) in [6.45, 7) is 0. The highest BCUT2D eigenvalue weighted by Crippen LogP contribution is 2.17. The van der Waals surface area contributed by atoms with Gasteiger partial charge in [0.25, 0.3) is 0 Å². The molecule has 1 aromatic heterocycles. The second-order valence-corrected chi connectivity index (χ2v) is 3.29. The number of halogens is 1. The minimum atomic E-state index is -0.444. The zero-order valence-corrected chi connectivity index (χ0v) is 9.36. The van der Waals surface area contributed by atoms with Crippen molar-refractivity contribution < 1.29 is 14.3 Å². The fourth-order valence-electron chi connectivity index (χ4n) is 0.839. The Labute approximate surface area is 89.4 Å². The van der Waals surface area contributed by atoms with Crippen LogP contribution in [0.5, 0.6) is 5.88 Å². The summed E-state index contributed by atoms with van der Waals surface area (Å²) in [6, 6.07) is 3.34. The molecule has 1 heterocycles. The summed E-state index contributed by atoms with van der Waals surface area (Å²) in [5.74, 6) is -0.153. The van der Waals surface area contributed by atoms with Crippen molar-refractivity contribution in [2.24, 2.45) is 0 Å². The number of carbonyl (C=O) groups excluding carboxylic acids is 1. The van der Waals surface area contributed by atoms with Crippen molar-refractivity contribution in [3.63, 3.8) is 0 Å². The van der Waals surface area contributed by atoms with Crippen LogP contribution in [0.15, 0.2) is 12.1 Å². The van der Waals surface area contributed by atoms with Gasteiger partial charge in [-0.25, -0.2) is 9.78 Å². The number of aromatic nitrogens is 1. The number of hydrogen-bond acceptors (Lipinski definition) is 4. The average Bonchev–Trinajstić information content (AvgIpc) is 2.16. The van der Waals surface area contributed by atoms with Gasteiger partial charge in [0.1, 0.15) is 9.26 Å². The van der Waals surface area contributed by atoms with Crippen LogP contribution in [0.2, 0.25) is 0 Å². The highest BCUT2D eigenvalue weighted by molar-refractivity contribution is 14.1. The Morgan fingerprint density at radius 1 is 1.46 bits per heavy atom. The van der Waals surface area contributed by atoms with E-state index in [0.29, 0.717) is 11.4 Å². The van der Waals surface area contributed by atoms with Gasteiger partial charge in [0.15, 0.2) is 0 Å². The third-order valence-corrected chi connectivity index (χ3v) is 2.03. The van der Waals surface area contributed by atoms with E-state index < -0.39 is 5.97 Å². The molecule has 0 aromatic carbocycles. The SMILES string of the molecule is COC(=O)c1ccc(I)nc1OC. The first-order valence-electron chi connectivity index (χ1n) is 3.48. The van der Waals surface area contributed by atoms with Crippen LogP contribution < -0.4 is 4.74 Å². The molecule has 1 aromatic rings. The number of esters is 1. The van der Waals surface area contributed by atoms with Gasteiger partial charge in [-0.2, -0.15) is 0 Å². The van der Waals surface area contributed by atoms with Crippen LogP contribution in [0.4, 0.5) is 0 Å². The minimum absolute atomic E-state index is 0.291. The third-order valence-electron chi connectivity index (χ3n) is 1.42. The van der Waals surface area contributed by atoms with Crippen LogP contribution in [-0.2, 0) is 4.74 Å². The monoisotopic (exact) mass is 293 g/mol. The number of nitrogens with zero attached hydrogens (tertiary/aromatic N) is 1. The van der Waals surface area contributed by atoms with Crippen molar-refractivity contribution in [3.05, 3.63) is 21.4 Å². The van der Waals surface area contributed by atoms with Gasteiger partial charge in [-0.15, -0.1) is 0 Å². The molecular formula is C8H8INO3. The lowest BCUT2D eigenvalue weighted by molar-refractivity contribution is 0.0596. The highest BCUT2D eigenvalue weighted by atomic mass is 127. The fraction of sp³-hybridized carbons (Fsp3) is 0.250. The molecule has 4 nitrogen and oxygen atoms in total. The fourth-order valence-corrected chi connectivity index (χ4v) is 1.24. The summed E-state index contributed by atoms with van der Waals surface area (Å²) in [4.78, 5) is 15.2. The molecular weight excluding hydrogens is 285 g/mol. The van der Waals surface area contributed by atoms with Crippen LogP contribution in [0.1, 0.15) is 10.4 Å². The maximum Gasteiger partial charge on any atom is 0.343 e. The number of rotatable bonds is 2. The second-order valence-electron chi connectivity index (χ2n) is 2.18. The van der Waals surface area contributed by atoms with E-state index >= 15 is 0 Å². The summed E-state index contributed by atoms with van der Waals surface area (Å²) in [6.07, 6.45) is 0. The van der Waals surface area contributed by atoms with Crippen molar-refractivity contribution in [1.82, 2.24) is 4.98 Å². The van der Waals surface area contributed by atoms with Gasteiger partial charge >= 0.3 is 5.97 Å². The summed E-state index contributed by atoms with van der Waals surface area (Å²) < 4.78 is 10.3. The molecule has 0 amide bonds. The Balaban J connectivity index is 3.13. The van der Waals surface area contributed by atoms with E-state index in [-0.39, 0.29) is 0 Å². The molecule has 0 atom stereocenters. The van der Waals surface area contributed by atoms with Gasteiger partial charge in [0, 0.05) is 0 Å². The summed E-state index contributed by atoms with van der Waals surface area (Å²) in [7, 11) is 2.78. The van der Waals surface area contributed by atoms with Crippen LogP contribution >= 0.6 is 22.6 Å². The molecule has 0 fully saturated rings. The standard InChI is InChI=1S/C8H8INO3/c1-12-7-5(8(11)13-2)3-4-6(9)10-7/h3-4H,1-2H3. The van der Waals surface area contributed by atoms with Gasteiger partial charge in [0.05, 0.1) is 14.2 Å². The molecule has 0 unspecified atom stereocenters. The van der Waals surface area contributed by atoms with E-state index in [2.05, 4.69) is 9.72 Å². The van der Waals surface area contributed by atoms with Crippen LogP contribution in [-0.4, -0.2) is 25.2 Å². The maximum atomic E-state index is 11.2. The summed E-state index contributed by atoms with van der Waals surface area (Å²) in [5.41, 5.74) is 0.338. The van der Waals surface area contributed by atoms with Crippen molar-refractivity contribution in [2.45, 2.75) is 0 Å². The molecule has 5 heteroatoms. The number of hydrogen-bond donors (Lipinski definition) is 0. The van der Waals surface area contributed by atoms with Crippen molar-refractivity contribution in [3.8, 4) is 5.88 Å². The molecule has 0 radical (unpaired) electrons. The molecule has 0 saturated heterocycles. The summed E-state index contributed by atoms with van der Waals surface area (Å²) >= 11 is 2.04. The molecule has 13 heavy (non-hydrogen) atoms. The Morgan fingerprint density at radius 2 is 2.15 bits per heavy atom. The van der Waals surface area contributed by atoms with E-state index in [0.717, 1.165) is 3.70 Å². The van der Waals surface area contributed by atoms with E-state index in [1.165, 1.54) is 14.2 Å². The van der Waals surface area contributed by atoms with E-state index in [1.54, 1.807) is 12.1 Å². The van der Waals surface area contributed by atoms with Gasteiger partial charge in [-0.1, -0.05) is 0 Å². The smallest absolute Gasteiger partial charge is 0.343 e. The zero-order valence-electron chi connectivity index (χ0n) is 7.20. The largest absolute Gasteiger partial charge is 0.480 e. The predicted octanol–water partition coefficient (Wildman–Crippen LogP) is 1.48. The van der Waals surface area contributed by atoms with E-state index in [4.69, 9.17) is 4.74 Å². The van der Waals surface area contributed by atoms with Gasteiger partial charge in [-0.05, 0) is 34.7 Å². The molecule has 1 rings (SSSR count). The zero-order chi connectivity index (χ0) is 9.84.